The number of hydrogen-bond donors (Lipinski definition) is 1. The first kappa shape index (κ1) is 13.8. The zero-order valence-electron chi connectivity index (χ0n) is 12.6. The van der Waals surface area contributed by atoms with Crippen molar-refractivity contribution in [1.82, 2.24) is 24.6 Å². The number of likely N-dealkylation sites (tertiary alicyclic amines) is 1. The fourth-order valence-corrected chi connectivity index (χ4v) is 3.06. The number of aromatic amines is 1. The molecule has 0 bridgehead atoms. The maximum absolute atomic E-state index is 12.8. The van der Waals surface area contributed by atoms with Crippen LogP contribution in [0.2, 0.25) is 0 Å². The van der Waals surface area contributed by atoms with Gasteiger partial charge in [0, 0.05) is 25.1 Å². The minimum absolute atomic E-state index is 0.0133. The summed E-state index contributed by atoms with van der Waals surface area (Å²) in [5.74, 6) is 0.803. The van der Waals surface area contributed by atoms with Crippen LogP contribution in [0, 0.1) is 0 Å². The molecule has 0 saturated carbocycles. The number of para-hydroxylation sites is 1. The molecule has 4 rings (SSSR count). The normalized spacial score (nSPS) is 17.6. The molecular formula is C17H17N5O. The third-order valence-corrected chi connectivity index (χ3v) is 4.18. The van der Waals surface area contributed by atoms with Crippen LogP contribution in [0.3, 0.4) is 0 Å². The van der Waals surface area contributed by atoms with Gasteiger partial charge in [0.15, 0.2) is 5.69 Å². The van der Waals surface area contributed by atoms with Gasteiger partial charge < -0.3 is 9.88 Å². The van der Waals surface area contributed by atoms with E-state index in [0.29, 0.717) is 5.69 Å². The molecule has 1 aliphatic rings. The third kappa shape index (κ3) is 2.52. The molecule has 1 N–H and O–H groups in total. The summed E-state index contributed by atoms with van der Waals surface area (Å²) in [5.41, 5.74) is 1.41. The number of imidazole rings is 1. The molecular weight excluding hydrogens is 290 g/mol. The Morgan fingerprint density at radius 1 is 1.22 bits per heavy atom. The number of carbonyl (C=O) groups excluding carboxylic acids is 1. The summed E-state index contributed by atoms with van der Waals surface area (Å²) in [6.07, 6.45) is 7.25. The van der Waals surface area contributed by atoms with E-state index in [1.165, 1.54) is 0 Å². The van der Waals surface area contributed by atoms with Gasteiger partial charge in [0.1, 0.15) is 5.82 Å². The summed E-state index contributed by atoms with van der Waals surface area (Å²) in [4.78, 5) is 22.1. The van der Waals surface area contributed by atoms with Crippen LogP contribution in [0.4, 0.5) is 0 Å². The number of H-pyrrole nitrogens is 1. The number of amides is 1. The molecule has 3 heterocycles. The lowest BCUT2D eigenvalue weighted by atomic mass is 10.2. The Balaban J connectivity index is 1.59. The summed E-state index contributed by atoms with van der Waals surface area (Å²) >= 11 is 0. The first-order valence-corrected chi connectivity index (χ1v) is 7.74. The predicted molar refractivity (Wildman–Crippen MR) is 85.2 cm³/mol. The van der Waals surface area contributed by atoms with Gasteiger partial charge in [-0.05, 0) is 31.0 Å². The number of nitrogens with zero attached hydrogens (tertiary/aromatic N) is 4. The molecule has 1 saturated heterocycles. The number of carbonyl (C=O) groups is 1. The SMILES string of the molecule is O=C(c1ccn(-c2ccccc2)n1)N1CCCC1c1ncc[nH]1. The van der Waals surface area contributed by atoms with E-state index in [4.69, 9.17) is 0 Å². The topological polar surface area (TPSA) is 66.8 Å². The number of hydrogen-bond acceptors (Lipinski definition) is 3. The van der Waals surface area contributed by atoms with E-state index >= 15 is 0 Å². The van der Waals surface area contributed by atoms with E-state index in [1.54, 1.807) is 23.1 Å². The van der Waals surface area contributed by atoms with Crippen molar-refractivity contribution in [3.8, 4) is 5.69 Å². The van der Waals surface area contributed by atoms with Crippen LogP contribution < -0.4 is 0 Å². The first-order chi connectivity index (χ1) is 11.3. The largest absolute Gasteiger partial charge is 0.347 e. The van der Waals surface area contributed by atoms with Crippen LogP contribution in [0.5, 0.6) is 0 Å². The molecule has 0 aliphatic carbocycles. The monoisotopic (exact) mass is 307 g/mol. The number of benzene rings is 1. The van der Waals surface area contributed by atoms with Crippen molar-refractivity contribution in [2.45, 2.75) is 18.9 Å². The molecule has 1 aliphatic heterocycles. The van der Waals surface area contributed by atoms with Gasteiger partial charge >= 0.3 is 0 Å². The van der Waals surface area contributed by atoms with Gasteiger partial charge in [-0.3, -0.25) is 4.79 Å². The fourth-order valence-electron chi connectivity index (χ4n) is 3.06. The van der Waals surface area contributed by atoms with Gasteiger partial charge in [-0.15, -0.1) is 0 Å². The second-order valence-corrected chi connectivity index (χ2v) is 5.61. The Morgan fingerprint density at radius 3 is 2.87 bits per heavy atom. The van der Waals surface area contributed by atoms with Crippen molar-refractivity contribution < 1.29 is 4.79 Å². The molecule has 2 aromatic heterocycles. The van der Waals surface area contributed by atoms with Gasteiger partial charge in [-0.1, -0.05) is 18.2 Å². The van der Waals surface area contributed by atoms with E-state index in [2.05, 4.69) is 15.1 Å². The number of rotatable bonds is 3. The molecule has 1 fully saturated rings. The molecule has 1 atom stereocenters. The van der Waals surface area contributed by atoms with Crippen molar-refractivity contribution in [2.75, 3.05) is 6.54 Å². The molecule has 6 nitrogen and oxygen atoms in total. The van der Waals surface area contributed by atoms with E-state index in [1.807, 2.05) is 41.4 Å². The smallest absolute Gasteiger partial charge is 0.274 e. The Bertz CT molecular complexity index is 794. The lowest BCUT2D eigenvalue weighted by Gasteiger charge is -2.22. The minimum Gasteiger partial charge on any atom is -0.347 e. The van der Waals surface area contributed by atoms with Crippen molar-refractivity contribution in [3.05, 3.63) is 66.5 Å². The summed E-state index contributed by atoms with van der Waals surface area (Å²) in [6, 6.07) is 11.6. The highest BCUT2D eigenvalue weighted by Crippen LogP contribution is 2.30. The van der Waals surface area contributed by atoms with Gasteiger partial charge in [0.2, 0.25) is 0 Å². The average Bonchev–Trinajstić information content (AvgIpc) is 3.34. The molecule has 0 radical (unpaired) electrons. The Hall–Kier alpha value is -2.89. The Labute approximate surface area is 133 Å². The molecule has 1 aromatic carbocycles. The number of nitrogens with one attached hydrogen (secondary N) is 1. The van der Waals surface area contributed by atoms with Gasteiger partial charge in [-0.25, -0.2) is 9.67 Å². The van der Waals surface area contributed by atoms with Crippen LogP contribution >= 0.6 is 0 Å². The predicted octanol–water partition coefficient (Wildman–Crippen LogP) is 2.57. The zero-order valence-corrected chi connectivity index (χ0v) is 12.6. The lowest BCUT2D eigenvalue weighted by Crippen LogP contribution is -2.31. The van der Waals surface area contributed by atoms with Crippen LogP contribution in [-0.2, 0) is 0 Å². The summed E-state index contributed by atoms with van der Waals surface area (Å²) in [6.45, 7) is 0.738. The highest BCUT2D eigenvalue weighted by atomic mass is 16.2. The van der Waals surface area contributed by atoms with E-state index in [0.717, 1.165) is 30.9 Å². The Kier molecular flexibility index (Phi) is 3.42. The van der Waals surface area contributed by atoms with E-state index in [9.17, 15) is 4.79 Å². The van der Waals surface area contributed by atoms with E-state index in [-0.39, 0.29) is 11.9 Å². The van der Waals surface area contributed by atoms with E-state index < -0.39 is 0 Å². The molecule has 1 unspecified atom stereocenters. The first-order valence-electron chi connectivity index (χ1n) is 7.74. The minimum atomic E-state index is -0.0430. The van der Waals surface area contributed by atoms with Crippen LogP contribution in [0.1, 0.15) is 35.2 Å². The molecule has 116 valence electrons. The van der Waals surface area contributed by atoms with Gasteiger partial charge in [0.25, 0.3) is 5.91 Å². The maximum atomic E-state index is 12.8. The van der Waals surface area contributed by atoms with Crippen LogP contribution in [0.15, 0.2) is 55.0 Å². The summed E-state index contributed by atoms with van der Waals surface area (Å²) in [5, 5.41) is 4.44. The molecule has 0 spiro atoms. The molecule has 1 amide bonds. The second kappa shape index (κ2) is 5.72. The molecule has 3 aromatic rings. The Morgan fingerprint density at radius 2 is 2.09 bits per heavy atom. The summed E-state index contributed by atoms with van der Waals surface area (Å²) < 4.78 is 1.73. The third-order valence-electron chi connectivity index (χ3n) is 4.18. The standard InChI is InChI=1S/C17H17N5O/c23-17(21-11-4-7-15(21)16-18-9-10-19-16)14-8-12-22(20-14)13-5-2-1-3-6-13/h1-3,5-6,8-10,12,15H,4,7,11H2,(H,18,19). The average molecular weight is 307 g/mol. The van der Waals surface area contributed by atoms with Crippen molar-refractivity contribution in [1.29, 1.82) is 0 Å². The van der Waals surface area contributed by atoms with Crippen molar-refractivity contribution in [2.24, 2.45) is 0 Å². The molecule has 23 heavy (non-hydrogen) atoms. The van der Waals surface area contributed by atoms with Gasteiger partial charge in [0.05, 0.1) is 11.7 Å². The number of aromatic nitrogens is 4. The van der Waals surface area contributed by atoms with Crippen LogP contribution in [-0.4, -0.2) is 37.1 Å². The maximum Gasteiger partial charge on any atom is 0.274 e. The highest BCUT2D eigenvalue weighted by molar-refractivity contribution is 5.92. The lowest BCUT2D eigenvalue weighted by molar-refractivity contribution is 0.0724. The van der Waals surface area contributed by atoms with Crippen molar-refractivity contribution >= 4 is 5.91 Å². The second-order valence-electron chi connectivity index (χ2n) is 5.61. The highest BCUT2D eigenvalue weighted by Gasteiger charge is 2.33. The van der Waals surface area contributed by atoms with Gasteiger partial charge in [-0.2, -0.15) is 5.10 Å². The quantitative estimate of drug-likeness (QED) is 0.808. The fraction of sp³-hybridized carbons (Fsp3) is 0.235. The van der Waals surface area contributed by atoms with Crippen LogP contribution in [0.25, 0.3) is 5.69 Å². The zero-order chi connectivity index (χ0) is 15.6. The summed E-state index contributed by atoms with van der Waals surface area (Å²) in [7, 11) is 0. The van der Waals surface area contributed by atoms with Crippen molar-refractivity contribution in [3.63, 3.8) is 0 Å². The molecule has 6 heteroatoms.